The first-order valence-electron chi connectivity index (χ1n) is 8.55. The van der Waals surface area contributed by atoms with Crippen molar-refractivity contribution in [2.45, 2.75) is 0 Å². The van der Waals surface area contributed by atoms with Crippen molar-refractivity contribution < 1.29 is 30.6 Å². The van der Waals surface area contributed by atoms with Crippen molar-refractivity contribution in [3.05, 3.63) is 24.4 Å². The number of nitrogens with zero attached hydrogens (tertiary/aromatic N) is 5. The van der Waals surface area contributed by atoms with E-state index < -0.39 is 0 Å². The molecule has 0 saturated carbocycles. The lowest BCUT2D eigenvalue weighted by Gasteiger charge is -2.28. The smallest absolute Gasteiger partial charge is 0.224 e. The van der Waals surface area contributed by atoms with Gasteiger partial charge in [0.05, 0.1) is 39.3 Å². The summed E-state index contributed by atoms with van der Waals surface area (Å²) in [6, 6.07) is 5.60. The lowest BCUT2D eigenvalue weighted by molar-refractivity contribution is 0.122. The van der Waals surface area contributed by atoms with Gasteiger partial charge in [0.25, 0.3) is 0 Å². The van der Waals surface area contributed by atoms with Gasteiger partial charge in [0, 0.05) is 18.7 Å². The van der Waals surface area contributed by atoms with Gasteiger partial charge in [-0.1, -0.05) is 0 Å². The minimum Gasteiger partial charge on any atom is -0.493 e. The second kappa shape index (κ2) is 10.5. The van der Waals surface area contributed by atoms with E-state index >= 15 is 0 Å². The summed E-state index contributed by atoms with van der Waals surface area (Å²) < 4.78 is 16.1. The second-order valence-electron chi connectivity index (χ2n) is 6.00. The summed E-state index contributed by atoms with van der Waals surface area (Å²) in [6.07, 6.45) is 1.67. The number of methoxy groups -OCH3 is 2. The SMILES string of the molecule is COc1ccc(-c2cnc3nc(N)nc(N4CCOCC4)c3n2)cc1OC.O.O.O. The Morgan fingerprint density at radius 3 is 2.33 bits per heavy atom. The van der Waals surface area contributed by atoms with Crippen LogP contribution in [0.2, 0.25) is 0 Å². The average Bonchev–Trinajstić information content (AvgIpc) is 2.73. The van der Waals surface area contributed by atoms with E-state index in [9.17, 15) is 0 Å². The maximum atomic E-state index is 5.87. The van der Waals surface area contributed by atoms with Crippen LogP contribution in [0.25, 0.3) is 22.4 Å². The molecular formula is C18H26N6O6. The fourth-order valence-electron chi connectivity index (χ4n) is 3.04. The molecule has 0 spiro atoms. The summed E-state index contributed by atoms with van der Waals surface area (Å²) in [5.74, 6) is 2.13. The molecule has 0 aliphatic carbocycles. The number of benzene rings is 1. The third-order valence-electron chi connectivity index (χ3n) is 4.40. The van der Waals surface area contributed by atoms with Gasteiger partial charge in [-0.2, -0.15) is 9.97 Å². The lowest BCUT2D eigenvalue weighted by atomic mass is 10.1. The van der Waals surface area contributed by atoms with Gasteiger partial charge in [0.1, 0.15) is 0 Å². The molecule has 1 aliphatic rings. The summed E-state index contributed by atoms with van der Waals surface area (Å²) in [7, 11) is 3.20. The van der Waals surface area contributed by atoms with Crippen molar-refractivity contribution in [1.82, 2.24) is 19.9 Å². The molecule has 1 aliphatic heterocycles. The largest absolute Gasteiger partial charge is 0.493 e. The third kappa shape index (κ3) is 4.63. The Balaban J connectivity index is 0.00000150. The molecule has 3 aromatic rings. The first kappa shape index (κ1) is 24.7. The van der Waals surface area contributed by atoms with Crippen LogP contribution < -0.4 is 20.1 Å². The number of nitrogen functional groups attached to an aromatic ring is 1. The molecule has 0 radical (unpaired) electrons. The molecule has 12 heteroatoms. The molecular weight excluding hydrogens is 396 g/mol. The number of rotatable bonds is 4. The number of aromatic nitrogens is 4. The van der Waals surface area contributed by atoms with Gasteiger partial charge >= 0.3 is 0 Å². The zero-order valence-corrected chi connectivity index (χ0v) is 16.7. The molecule has 0 unspecified atom stereocenters. The van der Waals surface area contributed by atoms with Crippen molar-refractivity contribution in [3.8, 4) is 22.8 Å². The highest BCUT2D eigenvalue weighted by atomic mass is 16.5. The molecule has 0 atom stereocenters. The van der Waals surface area contributed by atoms with Crippen molar-refractivity contribution in [2.24, 2.45) is 0 Å². The highest BCUT2D eigenvalue weighted by Crippen LogP contribution is 2.32. The molecule has 4 rings (SSSR count). The lowest BCUT2D eigenvalue weighted by Crippen LogP contribution is -2.37. The zero-order chi connectivity index (χ0) is 18.8. The van der Waals surface area contributed by atoms with Gasteiger partial charge in [0.2, 0.25) is 5.95 Å². The zero-order valence-electron chi connectivity index (χ0n) is 16.7. The van der Waals surface area contributed by atoms with Crippen molar-refractivity contribution >= 4 is 22.9 Å². The Morgan fingerprint density at radius 2 is 1.67 bits per heavy atom. The van der Waals surface area contributed by atoms with Crippen LogP contribution >= 0.6 is 0 Å². The van der Waals surface area contributed by atoms with E-state index in [-0.39, 0.29) is 22.4 Å². The predicted molar refractivity (Wildman–Crippen MR) is 112 cm³/mol. The fourth-order valence-corrected chi connectivity index (χ4v) is 3.04. The molecule has 164 valence electrons. The van der Waals surface area contributed by atoms with Gasteiger partial charge in [-0.15, -0.1) is 0 Å². The Labute approximate surface area is 172 Å². The van der Waals surface area contributed by atoms with E-state index in [1.807, 2.05) is 18.2 Å². The maximum absolute atomic E-state index is 5.87. The number of ether oxygens (including phenoxy) is 3. The number of fused-ring (bicyclic) bond motifs is 1. The Bertz CT molecular complexity index is 983. The number of nitrogens with two attached hydrogens (primary N) is 1. The molecule has 12 nitrogen and oxygen atoms in total. The van der Waals surface area contributed by atoms with Crippen LogP contribution in [-0.2, 0) is 4.74 Å². The van der Waals surface area contributed by atoms with Crippen molar-refractivity contribution in [3.63, 3.8) is 0 Å². The number of morpholine rings is 1. The number of hydrogen-bond donors (Lipinski definition) is 1. The van der Waals surface area contributed by atoms with Crippen LogP contribution in [-0.4, -0.2) is 76.9 Å². The van der Waals surface area contributed by atoms with Crippen LogP contribution in [0.1, 0.15) is 0 Å². The summed E-state index contributed by atoms with van der Waals surface area (Å²) in [4.78, 5) is 19.9. The molecule has 1 fully saturated rings. The Morgan fingerprint density at radius 1 is 0.967 bits per heavy atom. The predicted octanol–water partition coefficient (Wildman–Crippen LogP) is -0.951. The van der Waals surface area contributed by atoms with Gasteiger partial charge in [-0.05, 0) is 18.2 Å². The van der Waals surface area contributed by atoms with Crippen molar-refractivity contribution in [1.29, 1.82) is 0 Å². The van der Waals surface area contributed by atoms with E-state index in [0.29, 0.717) is 60.5 Å². The summed E-state index contributed by atoms with van der Waals surface area (Å²) in [5.41, 5.74) is 8.49. The van der Waals surface area contributed by atoms with Crippen LogP contribution in [0, 0.1) is 0 Å². The van der Waals surface area contributed by atoms with Crippen LogP contribution in [0.5, 0.6) is 11.5 Å². The number of anilines is 2. The normalized spacial score (nSPS) is 12.9. The van der Waals surface area contributed by atoms with E-state index in [1.54, 1.807) is 20.4 Å². The highest BCUT2D eigenvalue weighted by molar-refractivity contribution is 5.85. The molecule has 0 amide bonds. The Kier molecular flexibility index (Phi) is 8.61. The molecule has 8 N–H and O–H groups in total. The summed E-state index contributed by atoms with van der Waals surface area (Å²) in [5, 5.41) is 0. The first-order chi connectivity index (χ1) is 13.2. The van der Waals surface area contributed by atoms with Crippen LogP contribution in [0.15, 0.2) is 24.4 Å². The standard InChI is InChI=1S/C18H20N6O3.3H2O/c1-25-13-4-3-11(9-14(13)26-2)12-10-20-16-15(21-12)17(23-18(19)22-16)24-5-7-27-8-6-24;;;/h3-4,9-10H,5-8H2,1-2H3,(H2,19,20,22,23);3*1H2. The molecule has 0 bridgehead atoms. The van der Waals surface area contributed by atoms with Gasteiger partial charge < -0.3 is 41.3 Å². The fraction of sp³-hybridized carbons (Fsp3) is 0.333. The van der Waals surface area contributed by atoms with Crippen LogP contribution in [0.3, 0.4) is 0 Å². The minimum absolute atomic E-state index is 0. The van der Waals surface area contributed by atoms with Gasteiger partial charge in [-0.3, -0.25) is 0 Å². The summed E-state index contributed by atoms with van der Waals surface area (Å²) in [6.45, 7) is 2.70. The van der Waals surface area contributed by atoms with E-state index in [2.05, 4.69) is 19.9 Å². The van der Waals surface area contributed by atoms with Gasteiger partial charge in [0.15, 0.2) is 28.5 Å². The molecule has 30 heavy (non-hydrogen) atoms. The van der Waals surface area contributed by atoms with E-state index in [4.69, 9.17) is 24.9 Å². The molecule has 1 saturated heterocycles. The molecule has 3 heterocycles. The molecule has 2 aromatic heterocycles. The minimum atomic E-state index is 0. The Hall–Kier alpha value is -3.32. The number of hydrogen-bond acceptors (Lipinski definition) is 9. The van der Waals surface area contributed by atoms with Crippen LogP contribution in [0.4, 0.5) is 11.8 Å². The molecule has 1 aromatic carbocycles. The maximum Gasteiger partial charge on any atom is 0.224 e. The third-order valence-corrected chi connectivity index (χ3v) is 4.40. The summed E-state index contributed by atoms with van der Waals surface area (Å²) >= 11 is 0. The monoisotopic (exact) mass is 422 g/mol. The highest BCUT2D eigenvalue weighted by Gasteiger charge is 2.19. The van der Waals surface area contributed by atoms with E-state index in [1.165, 1.54) is 0 Å². The first-order valence-corrected chi connectivity index (χ1v) is 8.55. The quantitative estimate of drug-likeness (QED) is 0.549. The topological polar surface area (TPSA) is 203 Å². The second-order valence-corrected chi connectivity index (χ2v) is 6.00. The average molecular weight is 422 g/mol. The van der Waals surface area contributed by atoms with Gasteiger partial charge in [-0.25, -0.2) is 9.97 Å². The van der Waals surface area contributed by atoms with Crippen molar-refractivity contribution in [2.75, 3.05) is 51.2 Å². The van der Waals surface area contributed by atoms with E-state index in [0.717, 1.165) is 5.56 Å².